The van der Waals surface area contributed by atoms with E-state index in [1.165, 1.54) is 19.3 Å². The fourth-order valence-electron chi connectivity index (χ4n) is 2.47. The second kappa shape index (κ2) is 10.6. The molecule has 114 valence electrons. The molecule has 0 aromatic carbocycles. The molecule has 0 amide bonds. The maximum absolute atomic E-state index is 9.53. The van der Waals surface area contributed by atoms with E-state index in [4.69, 9.17) is 14.2 Å². The summed E-state index contributed by atoms with van der Waals surface area (Å²) in [5.74, 6) is 0. The number of aliphatic hydroxyl groups is 1. The number of ether oxygens (including phenoxy) is 3. The molecule has 0 aromatic heterocycles. The van der Waals surface area contributed by atoms with Gasteiger partial charge >= 0.3 is 0 Å². The highest BCUT2D eigenvalue weighted by molar-refractivity contribution is 4.89. The standard InChI is InChI=1S/C14H29NO4/c1-17-9-10-19-12-11-18-8-7-15-14(13-16)5-3-2-4-6-14/h15-16H,2-13H2,1H3. The maximum atomic E-state index is 9.53. The van der Waals surface area contributed by atoms with Crippen LogP contribution in [0.1, 0.15) is 32.1 Å². The molecular formula is C14H29NO4. The van der Waals surface area contributed by atoms with Gasteiger partial charge in [0.2, 0.25) is 0 Å². The van der Waals surface area contributed by atoms with Gasteiger partial charge in [-0.1, -0.05) is 19.3 Å². The van der Waals surface area contributed by atoms with E-state index in [9.17, 15) is 5.11 Å². The molecule has 1 saturated carbocycles. The van der Waals surface area contributed by atoms with Crippen LogP contribution < -0.4 is 5.32 Å². The molecule has 5 heteroatoms. The molecule has 1 rings (SSSR count). The number of hydrogen-bond acceptors (Lipinski definition) is 5. The van der Waals surface area contributed by atoms with Crippen LogP contribution in [0.25, 0.3) is 0 Å². The summed E-state index contributed by atoms with van der Waals surface area (Å²) in [6.07, 6.45) is 5.86. The first kappa shape index (κ1) is 16.9. The number of nitrogens with one attached hydrogen (secondary N) is 1. The monoisotopic (exact) mass is 275 g/mol. The summed E-state index contributed by atoms with van der Waals surface area (Å²) < 4.78 is 15.7. The van der Waals surface area contributed by atoms with E-state index in [1.54, 1.807) is 7.11 Å². The fraction of sp³-hybridized carbons (Fsp3) is 1.00. The van der Waals surface area contributed by atoms with Crippen LogP contribution in [0.15, 0.2) is 0 Å². The van der Waals surface area contributed by atoms with Gasteiger partial charge in [0.25, 0.3) is 0 Å². The number of aliphatic hydroxyl groups excluding tert-OH is 1. The van der Waals surface area contributed by atoms with Crippen LogP contribution in [0, 0.1) is 0 Å². The number of rotatable bonds is 11. The van der Waals surface area contributed by atoms with Crippen molar-refractivity contribution in [3.05, 3.63) is 0 Å². The van der Waals surface area contributed by atoms with Crippen LogP contribution in [0.2, 0.25) is 0 Å². The Bertz CT molecular complexity index is 208. The van der Waals surface area contributed by atoms with Crippen LogP contribution in [0.5, 0.6) is 0 Å². The van der Waals surface area contributed by atoms with Gasteiger partial charge in [-0.3, -0.25) is 0 Å². The van der Waals surface area contributed by atoms with E-state index in [0.717, 1.165) is 19.4 Å². The predicted octanol–water partition coefficient (Wildman–Crippen LogP) is 0.951. The Kier molecular flexibility index (Phi) is 9.38. The summed E-state index contributed by atoms with van der Waals surface area (Å²) in [5.41, 5.74) is -0.0590. The predicted molar refractivity (Wildman–Crippen MR) is 74.4 cm³/mol. The molecule has 1 aliphatic carbocycles. The highest BCUT2D eigenvalue weighted by atomic mass is 16.5. The first-order valence-electron chi connectivity index (χ1n) is 7.33. The molecule has 0 radical (unpaired) electrons. The van der Waals surface area contributed by atoms with Crippen molar-refractivity contribution in [2.75, 3.05) is 53.3 Å². The van der Waals surface area contributed by atoms with Crippen LogP contribution in [0.4, 0.5) is 0 Å². The lowest BCUT2D eigenvalue weighted by atomic mass is 9.82. The van der Waals surface area contributed by atoms with Crippen LogP contribution >= 0.6 is 0 Å². The average molecular weight is 275 g/mol. The summed E-state index contributed by atoms with van der Waals surface area (Å²) in [5, 5.41) is 13.0. The molecule has 5 nitrogen and oxygen atoms in total. The van der Waals surface area contributed by atoms with Crippen molar-refractivity contribution in [2.24, 2.45) is 0 Å². The summed E-state index contributed by atoms with van der Waals surface area (Å²) in [7, 11) is 1.66. The lowest BCUT2D eigenvalue weighted by molar-refractivity contribution is 0.0224. The van der Waals surface area contributed by atoms with Crippen molar-refractivity contribution in [3.8, 4) is 0 Å². The van der Waals surface area contributed by atoms with Gasteiger partial charge in [-0.2, -0.15) is 0 Å². The highest BCUT2D eigenvalue weighted by Crippen LogP contribution is 2.27. The minimum atomic E-state index is -0.0590. The van der Waals surface area contributed by atoms with Crippen LogP contribution in [-0.2, 0) is 14.2 Å². The average Bonchev–Trinajstić information content (AvgIpc) is 2.46. The Morgan fingerprint density at radius 1 is 0.947 bits per heavy atom. The van der Waals surface area contributed by atoms with E-state index >= 15 is 0 Å². The second-order valence-corrected chi connectivity index (χ2v) is 5.14. The number of hydrogen-bond donors (Lipinski definition) is 2. The van der Waals surface area contributed by atoms with Crippen molar-refractivity contribution < 1.29 is 19.3 Å². The molecule has 0 bridgehead atoms. The van der Waals surface area contributed by atoms with Gasteiger partial charge in [-0.25, -0.2) is 0 Å². The second-order valence-electron chi connectivity index (χ2n) is 5.14. The van der Waals surface area contributed by atoms with Crippen molar-refractivity contribution in [1.82, 2.24) is 5.32 Å². The van der Waals surface area contributed by atoms with Gasteiger partial charge in [-0.15, -0.1) is 0 Å². The van der Waals surface area contributed by atoms with Gasteiger partial charge in [0.1, 0.15) is 0 Å². The molecule has 0 spiro atoms. The molecule has 0 unspecified atom stereocenters. The van der Waals surface area contributed by atoms with Gasteiger partial charge in [0.15, 0.2) is 0 Å². The topological polar surface area (TPSA) is 60.0 Å². The third kappa shape index (κ3) is 7.22. The molecule has 0 aliphatic heterocycles. The molecular weight excluding hydrogens is 246 g/mol. The Hall–Kier alpha value is -0.200. The van der Waals surface area contributed by atoms with Gasteiger partial charge in [-0.05, 0) is 12.8 Å². The van der Waals surface area contributed by atoms with Crippen LogP contribution in [0.3, 0.4) is 0 Å². The van der Waals surface area contributed by atoms with Gasteiger partial charge < -0.3 is 24.6 Å². The Morgan fingerprint density at radius 3 is 2.21 bits per heavy atom. The van der Waals surface area contributed by atoms with Crippen molar-refractivity contribution in [1.29, 1.82) is 0 Å². The fourth-order valence-corrected chi connectivity index (χ4v) is 2.47. The van der Waals surface area contributed by atoms with E-state index in [-0.39, 0.29) is 12.1 Å². The zero-order chi connectivity index (χ0) is 13.8. The first-order valence-corrected chi connectivity index (χ1v) is 7.33. The smallest absolute Gasteiger partial charge is 0.0701 e. The zero-order valence-electron chi connectivity index (χ0n) is 12.2. The van der Waals surface area contributed by atoms with E-state index in [1.807, 2.05) is 0 Å². The normalized spacial score (nSPS) is 18.6. The lowest BCUT2D eigenvalue weighted by Crippen LogP contribution is -2.50. The maximum Gasteiger partial charge on any atom is 0.0701 e. The Balaban J connectivity index is 1.94. The molecule has 0 heterocycles. The third-order valence-corrected chi connectivity index (χ3v) is 3.66. The van der Waals surface area contributed by atoms with Crippen molar-refractivity contribution in [2.45, 2.75) is 37.6 Å². The summed E-state index contributed by atoms with van der Waals surface area (Å²) in [4.78, 5) is 0. The molecule has 1 fully saturated rings. The van der Waals surface area contributed by atoms with Crippen molar-refractivity contribution >= 4 is 0 Å². The molecule has 0 saturated heterocycles. The minimum absolute atomic E-state index is 0.0590. The molecule has 0 aromatic rings. The molecule has 0 atom stereocenters. The SMILES string of the molecule is COCCOCCOCCNC1(CO)CCCCC1. The van der Waals surface area contributed by atoms with E-state index in [0.29, 0.717) is 33.0 Å². The summed E-state index contributed by atoms with van der Waals surface area (Å²) in [6, 6.07) is 0. The zero-order valence-corrected chi connectivity index (χ0v) is 12.2. The summed E-state index contributed by atoms with van der Waals surface area (Å²) >= 11 is 0. The van der Waals surface area contributed by atoms with E-state index in [2.05, 4.69) is 5.32 Å². The highest BCUT2D eigenvalue weighted by Gasteiger charge is 2.30. The van der Waals surface area contributed by atoms with E-state index < -0.39 is 0 Å². The summed E-state index contributed by atoms with van der Waals surface area (Å²) in [6.45, 7) is 4.14. The minimum Gasteiger partial charge on any atom is -0.394 e. The lowest BCUT2D eigenvalue weighted by Gasteiger charge is -2.36. The Labute approximate surface area is 116 Å². The molecule has 1 aliphatic rings. The number of methoxy groups -OCH3 is 1. The van der Waals surface area contributed by atoms with Gasteiger partial charge in [0, 0.05) is 19.2 Å². The van der Waals surface area contributed by atoms with Crippen LogP contribution in [-0.4, -0.2) is 63.9 Å². The molecule has 19 heavy (non-hydrogen) atoms. The molecule has 2 N–H and O–H groups in total. The quantitative estimate of drug-likeness (QED) is 0.550. The largest absolute Gasteiger partial charge is 0.394 e. The van der Waals surface area contributed by atoms with Crippen molar-refractivity contribution in [3.63, 3.8) is 0 Å². The van der Waals surface area contributed by atoms with Gasteiger partial charge in [0.05, 0.1) is 39.6 Å². The Morgan fingerprint density at radius 2 is 1.58 bits per heavy atom. The first-order chi connectivity index (χ1) is 9.33. The third-order valence-electron chi connectivity index (χ3n) is 3.66.